The SMILES string of the molecule is CC1CCC(C)N1C(C)C(=O)NC1C(N)C2CCOC21. The largest absolute Gasteiger partial charge is 0.376 e. The molecule has 7 atom stereocenters. The molecule has 0 aromatic rings. The first-order valence-corrected chi connectivity index (χ1v) is 7.95. The van der Waals surface area contributed by atoms with E-state index in [4.69, 9.17) is 10.5 Å². The number of carbonyl (C=O) groups excluding carboxylic acids is 1. The molecule has 1 aliphatic carbocycles. The van der Waals surface area contributed by atoms with Crippen LogP contribution in [0.15, 0.2) is 0 Å². The smallest absolute Gasteiger partial charge is 0.237 e. The predicted molar refractivity (Wildman–Crippen MR) is 77.2 cm³/mol. The minimum absolute atomic E-state index is 0.00525. The first kappa shape index (κ1) is 14.3. The topological polar surface area (TPSA) is 67.6 Å². The lowest BCUT2D eigenvalue weighted by atomic mass is 9.72. The molecule has 114 valence electrons. The first-order valence-electron chi connectivity index (χ1n) is 7.95. The molecule has 0 bridgehead atoms. The Labute approximate surface area is 121 Å². The van der Waals surface area contributed by atoms with Gasteiger partial charge in [0.05, 0.1) is 18.2 Å². The standard InChI is InChI=1S/C15H27N3O2/c1-8-4-5-9(2)18(8)10(3)15(19)17-13-12(16)11-6-7-20-14(11)13/h8-14H,4-7,16H2,1-3H3,(H,17,19). The van der Waals surface area contributed by atoms with Crippen molar-refractivity contribution in [1.82, 2.24) is 10.2 Å². The van der Waals surface area contributed by atoms with Crippen LogP contribution in [0.3, 0.4) is 0 Å². The fourth-order valence-corrected chi connectivity index (χ4v) is 4.33. The summed E-state index contributed by atoms with van der Waals surface area (Å²) in [6.07, 6.45) is 3.54. The molecule has 0 aromatic heterocycles. The highest BCUT2D eigenvalue weighted by atomic mass is 16.5. The number of nitrogens with one attached hydrogen (secondary N) is 1. The van der Waals surface area contributed by atoms with E-state index in [1.165, 1.54) is 12.8 Å². The van der Waals surface area contributed by atoms with Gasteiger partial charge in [-0.05, 0) is 40.0 Å². The highest BCUT2D eigenvalue weighted by Gasteiger charge is 2.53. The van der Waals surface area contributed by atoms with E-state index in [1.807, 2.05) is 6.92 Å². The predicted octanol–water partition coefficient (Wildman–Crippen LogP) is 0.479. The number of hydrogen-bond acceptors (Lipinski definition) is 4. The zero-order valence-corrected chi connectivity index (χ0v) is 12.7. The Morgan fingerprint density at radius 3 is 2.60 bits per heavy atom. The van der Waals surface area contributed by atoms with Crippen molar-refractivity contribution in [1.29, 1.82) is 0 Å². The maximum Gasteiger partial charge on any atom is 0.237 e. The number of amides is 1. The maximum atomic E-state index is 12.5. The van der Waals surface area contributed by atoms with Crippen LogP contribution in [-0.2, 0) is 9.53 Å². The van der Waals surface area contributed by atoms with Crippen LogP contribution in [0.4, 0.5) is 0 Å². The van der Waals surface area contributed by atoms with Crippen LogP contribution in [-0.4, -0.2) is 53.7 Å². The number of nitrogens with two attached hydrogens (primary N) is 1. The molecule has 20 heavy (non-hydrogen) atoms. The molecular weight excluding hydrogens is 254 g/mol. The Bertz CT molecular complexity index is 379. The molecule has 2 saturated heterocycles. The molecule has 0 aromatic carbocycles. The van der Waals surface area contributed by atoms with Crippen molar-refractivity contribution in [2.45, 2.75) is 76.3 Å². The fraction of sp³-hybridized carbons (Fsp3) is 0.933. The van der Waals surface area contributed by atoms with Gasteiger partial charge < -0.3 is 15.8 Å². The molecule has 3 aliphatic rings. The Hall–Kier alpha value is -0.650. The van der Waals surface area contributed by atoms with Gasteiger partial charge in [0.2, 0.25) is 5.91 Å². The molecule has 3 N–H and O–H groups in total. The van der Waals surface area contributed by atoms with Crippen molar-refractivity contribution in [3.05, 3.63) is 0 Å². The van der Waals surface area contributed by atoms with Gasteiger partial charge in [-0.15, -0.1) is 0 Å². The highest BCUT2D eigenvalue weighted by molar-refractivity contribution is 5.82. The summed E-state index contributed by atoms with van der Waals surface area (Å²) in [5, 5.41) is 3.12. The average molecular weight is 281 g/mol. The third-order valence-electron chi connectivity index (χ3n) is 5.60. The molecule has 7 unspecified atom stereocenters. The third-order valence-corrected chi connectivity index (χ3v) is 5.60. The summed E-state index contributed by atoms with van der Waals surface area (Å²) < 4.78 is 5.67. The molecule has 5 heteroatoms. The van der Waals surface area contributed by atoms with Crippen molar-refractivity contribution in [3.8, 4) is 0 Å². The first-order chi connectivity index (χ1) is 9.50. The summed E-state index contributed by atoms with van der Waals surface area (Å²) in [5.41, 5.74) is 6.16. The number of rotatable bonds is 3. The Morgan fingerprint density at radius 2 is 1.95 bits per heavy atom. The lowest BCUT2D eigenvalue weighted by Crippen LogP contribution is -2.70. The van der Waals surface area contributed by atoms with E-state index in [0.29, 0.717) is 18.0 Å². The van der Waals surface area contributed by atoms with Gasteiger partial charge in [0.1, 0.15) is 0 Å². The second kappa shape index (κ2) is 5.28. The lowest BCUT2D eigenvalue weighted by Gasteiger charge is -2.46. The van der Waals surface area contributed by atoms with Crippen LogP contribution >= 0.6 is 0 Å². The minimum Gasteiger partial charge on any atom is -0.376 e. The van der Waals surface area contributed by atoms with E-state index < -0.39 is 0 Å². The maximum absolute atomic E-state index is 12.5. The molecular formula is C15H27N3O2. The monoisotopic (exact) mass is 281 g/mol. The van der Waals surface area contributed by atoms with Gasteiger partial charge in [0.15, 0.2) is 0 Å². The van der Waals surface area contributed by atoms with Gasteiger partial charge in [-0.25, -0.2) is 0 Å². The lowest BCUT2D eigenvalue weighted by molar-refractivity contribution is -0.131. The van der Waals surface area contributed by atoms with E-state index in [-0.39, 0.29) is 30.1 Å². The van der Waals surface area contributed by atoms with Crippen LogP contribution in [0.5, 0.6) is 0 Å². The summed E-state index contributed by atoms with van der Waals surface area (Å²) in [7, 11) is 0. The molecule has 3 rings (SSSR count). The quantitative estimate of drug-likeness (QED) is 0.789. The molecule has 0 spiro atoms. The molecule has 1 amide bonds. The van der Waals surface area contributed by atoms with Crippen LogP contribution in [0.2, 0.25) is 0 Å². The van der Waals surface area contributed by atoms with Gasteiger partial charge in [-0.2, -0.15) is 0 Å². The van der Waals surface area contributed by atoms with Crippen LogP contribution in [0.25, 0.3) is 0 Å². The summed E-state index contributed by atoms with van der Waals surface area (Å²) in [6, 6.07) is 0.945. The number of nitrogens with zero attached hydrogens (tertiary/aromatic N) is 1. The van der Waals surface area contributed by atoms with Crippen LogP contribution in [0, 0.1) is 5.92 Å². The van der Waals surface area contributed by atoms with Crippen molar-refractivity contribution in [2.24, 2.45) is 11.7 Å². The van der Waals surface area contributed by atoms with Crippen molar-refractivity contribution in [3.63, 3.8) is 0 Å². The minimum atomic E-state index is -0.0878. The number of likely N-dealkylation sites (tertiary alicyclic amines) is 1. The summed E-state index contributed by atoms with van der Waals surface area (Å²) in [6.45, 7) is 7.20. The van der Waals surface area contributed by atoms with Crippen molar-refractivity contribution in [2.75, 3.05) is 6.61 Å². The van der Waals surface area contributed by atoms with Gasteiger partial charge >= 0.3 is 0 Å². The highest BCUT2D eigenvalue weighted by Crippen LogP contribution is 2.38. The van der Waals surface area contributed by atoms with Gasteiger partial charge in [-0.3, -0.25) is 9.69 Å². The molecule has 5 nitrogen and oxygen atoms in total. The van der Waals surface area contributed by atoms with Crippen molar-refractivity contribution < 1.29 is 9.53 Å². The zero-order valence-electron chi connectivity index (χ0n) is 12.7. The number of hydrogen-bond donors (Lipinski definition) is 2. The summed E-state index contributed by atoms with van der Waals surface area (Å²) >= 11 is 0. The van der Waals surface area contributed by atoms with E-state index in [0.717, 1.165) is 13.0 Å². The molecule has 0 radical (unpaired) electrons. The average Bonchev–Trinajstić information content (AvgIpc) is 2.99. The van der Waals surface area contributed by atoms with Crippen LogP contribution < -0.4 is 11.1 Å². The Balaban J connectivity index is 1.59. The van der Waals surface area contributed by atoms with Gasteiger partial charge in [0.25, 0.3) is 0 Å². The van der Waals surface area contributed by atoms with E-state index in [2.05, 4.69) is 24.1 Å². The molecule has 2 aliphatic heterocycles. The van der Waals surface area contributed by atoms with E-state index >= 15 is 0 Å². The molecule has 3 fully saturated rings. The number of fused-ring (bicyclic) bond motifs is 1. The van der Waals surface area contributed by atoms with Gasteiger partial charge in [0, 0.05) is 30.7 Å². The van der Waals surface area contributed by atoms with E-state index in [9.17, 15) is 4.79 Å². The fourth-order valence-electron chi connectivity index (χ4n) is 4.33. The molecule has 1 saturated carbocycles. The normalized spacial score (nSPS) is 45.8. The summed E-state index contributed by atoms with van der Waals surface area (Å²) in [5.74, 6) is 0.542. The van der Waals surface area contributed by atoms with Crippen molar-refractivity contribution >= 4 is 5.91 Å². The molecule has 2 heterocycles. The zero-order chi connectivity index (χ0) is 14.4. The second-order valence-electron chi connectivity index (χ2n) is 6.80. The third kappa shape index (κ3) is 2.16. The number of ether oxygens (including phenoxy) is 1. The summed E-state index contributed by atoms with van der Waals surface area (Å²) in [4.78, 5) is 14.8. The van der Waals surface area contributed by atoms with E-state index in [1.54, 1.807) is 0 Å². The Kier molecular flexibility index (Phi) is 3.77. The van der Waals surface area contributed by atoms with Gasteiger partial charge in [-0.1, -0.05) is 0 Å². The number of carbonyl (C=O) groups is 1. The Morgan fingerprint density at radius 1 is 1.30 bits per heavy atom. The second-order valence-corrected chi connectivity index (χ2v) is 6.80. The van der Waals surface area contributed by atoms with Crippen LogP contribution in [0.1, 0.15) is 40.0 Å².